The first-order chi connectivity index (χ1) is 6.18. The molecule has 2 aromatic carbocycles. The highest BCUT2D eigenvalue weighted by Gasteiger charge is 2.02. The molecule has 0 amide bonds. The van der Waals surface area contributed by atoms with Crippen LogP contribution in [0.4, 0.5) is 0 Å². The van der Waals surface area contributed by atoms with Crippen LogP contribution in [-0.2, 0) is 0 Å². The minimum absolute atomic E-state index is 0.174. The van der Waals surface area contributed by atoms with Gasteiger partial charge in [0.25, 0.3) is 0 Å². The van der Waals surface area contributed by atoms with Crippen LogP contribution >= 0.6 is 0 Å². The second-order valence-electron chi connectivity index (χ2n) is 3.14. The summed E-state index contributed by atoms with van der Waals surface area (Å²) in [4.78, 5) is 0. The molecule has 0 heterocycles. The van der Waals surface area contributed by atoms with Crippen LogP contribution in [0.5, 0.6) is 11.5 Å². The molecule has 0 atom stereocenters. The largest absolute Gasteiger partial charge is 0.508 e. The third kappa shape index (κ3) is 1.20. The number of fused-ring (bicyclic) bond motifs is 1. The number of rotatable bonds is 0. The summed E-state index contributed by atoms with van der Waals surface area (Å²) in [6.07, 6.45) is 0. The van der Waals surface area contributed by atoms with E-state index in [0.717, 1.165) is 10.9 Å². The van der Waals surface area contributed by atoms with Gasteiger partial charge in [0.1, 0.15) is 11.5 Å². The van der Waals surface area contributed by atoms with Crippen molar-refractivity contribution >= 4 is 10.8 Å². The zero-order chi connectivity index (χ0) is 9.42. The molecule has 2 aromatic rings. The molecule has 2 rings (SSSR count). The van der Waals surface area contributed by atoms with Crippen LogP contribution in [0.3, 0.4) is 0 Å². The van der Waals surface area contributed by atoms with Crippen molar-refractivity contribution in [2.75, 3.05) is 0 Å². The van der Waals surface area contributed by atoms with Gasteiger partial charge in [-0.2, -0.15) is 0 Å². The second kappa shape index (κ2) is 2.66. The van der Waals surface area contributed by atoms with Crippen LogP contribution in [0.15, 0.2) is 30.3 Å². The zero-order valence-corrected chi connectivity index (χ0v) is 7.28. The van der Waals surface area contributed by atoms with Crippen molar-refractivity contribution in [3.05, 3.63) is 35.9 Å². The maximum atomic E-state index is 9.67. The van der Waals surface area contributed by atoms with Gasteiger partial charge in [-0.25, -0.2) is 0 Å². The number of hydrogen-bond donors (Lipinski definition) is 2. The van der Waals surface area contributed by atoms with Crippen molar-refractivity contribution in [2.24, 2.45) is 0 Å². The zero-order valence-electron chi connectivity index (χ0n) is 7.28. The van der Waals surface area contributed by atoms with Gasteiger partial charge in [-0.15, -0.1) is 0 Å². The van der Waals surface area contributed by atoms with E-state index in [-0.39, 0.29) is 11.5 Å². The second-order valence-corrected chi connectivity index (χ2v) is 3.14. The minimum atomic E-state index is 0.174. The van der Waals surface area contributed by atoms with Crippen molar-refractivity contribution in [2.45, 2.75) is 6.92 Å². The van der Waals surface area contributed by atoms with Crippen molar-refractivity contribution in [3.8, 4) is 11.5 Å². The van der Waals surface area contributed by atoms with E-state index in [9.17, 15) is 10.2 Å². The fourth-order valence-corrected chi connectivity index (χ4v) is 1.40. The average molecular weight is 174 g/mol. The Bertz CT molecular complexity index is 456. The predicted octanol–water partition coefficient (Wildman–Crippen LogP) is 2.56. The van der Waals surface area contributed by atoms with Gasteiger partial charge >= 0.3 is 0 Å². The van der Waals surface area contributed by atoms with Crippen molar-refractivity contribution in [1.82, 2.24) is 0 Å². The lowest BCUT2D eigenvalue weighted by Crippen LogP contribution is -1.78. The number of aryl methyl sites for hydroxylation is 1. The van der Waals surface area contributed by atoms with Crippen LogP contribution in [0.1, 0.15) is 5.56 Å². The fraction of sp³-hybridized carbons (Fsp3) is 0.0909. The van der Waals surface area contributed by atoms with Gasteiger partial charge in [0.15, 0.2) is 0 Å². The Morgan fingerprint density at radius 1 is 1.00 bits per heavy atom. The number of aromatic hydroxyl groups is 2. The molecule has 2 heteroatoms. The minimum Gasteiger partial charge on any atom is -0.508 e. The fourth-order valence-electron chi connectivity index (χ4n) is 1.40. The Morgan fingerprint density at radius 2 is 1.69 bits per heavy atom. The SMILES string of the molecule is Cc1ccc2ccc(O)cc2c1O. The summed E-state index contributed by atoms with van der Waals surface area (Å²) >= 11 is 0. The monoisotopic (exact) mass is 174 g/mol. The summed E-state index contributed by atoms with van der Waals surface area (Å²) in [5, 5.41) is 20.5. The molecule has 2 nitrogen and oxygen atoms in total. The van der Waals surface area contributed by atoms with Crippen molar-refractivity contribution in [3.63, 3.8) is 0 Å². The standard InChI is InChI=1S/C11H10O2/c1-7-2-3-8-4-5-9(12)6-10(8)11(7)13/h2-6,12-13H,1H3. The Hall–Kier alpha value is -1.70. The Labute approximate surface area is 76.1 Å². The molecule has 0 aliphatic carbocycles. The molecule has 0 bridgehead atoms. The van der Waals surface area contributed by atoms with E-state index >= 15 is 0 Å². The molecule has 0 fully saturated rings. The molecule has 0 aromatic heterocycles. The molecule has 0 aliphatic heterocycles. The van der Waals surface area contributed by atoms with E-state index in [4.69, 9.17) is 0 Å². The van der Waals surface area contributed by atoms with Gasteiger partial charge in [-0.3, -0.25) is 0 Å². The Balaban J connectivity index is 2.89. The highest BCUT2D eigenvalue weighted by molar-refractivity contribution is 5.90. The van der Waals surface area contributed by atoms with Gasteiger partial charge in [0.2, 0.25) is 0 Å². The first-order valence-corrected chi connectivity index (χ1v) is 4.10. The van der Waals surface area contributed by atoms with Gasteiger partial charge in [0.05, 0.1) is 0 Å². The summed E-state index contributed by atoms with van der Waals surface area (Å²) in [5.41, 5.74) is 0.818. The smallest absolute Gasteiger partial charge is 0.126 e. The number of benzene rings is 2. The average Bonchev–Trinajstić information content (AvgIpc) is 2.12. The quantitative estimate of drug-likeness (QED) is 0.644. The van der Waals surface area contributed by atoms with E-state index in [1.165, 1.54) is 0 Å². The van der Waals surface area contributed by atoms with E-state index < -0.39 is 0 Å². The highest BCUT2D eigenvalue weighted by Crippen LogP contribution is 2.30. The summed E-state index contributed by atoms with van der Waals surface area (Å²) in [6.45, 7) is 1.83. The highest BCUT2D eigenvalue weighted by atomic mass is 16.3. The molecule has 0 saturated heterocycles. The van der Waals surface area contributed by atoms with Crippen LogP contribution in [0.2, 0.25) is 0 Å². The van der Waals surface area contributed by atoms with Crippen molar-refractivity contribution in [1.29, 1.82) is 0 Å². The topological polar surface area (TPSA) is 40.5 Å². The summed E-state index contributed by atoms with van der Waals surface area (Å²) in [6, 6.07) is 8.73. The molecule has 13 heavy (non-hydrogen) atoms. The molecule has 0 radical (unpaired) electrons. The van der Waals surface area contributed by atoms with Gasteiger partial charge in [-0.05, 0) is 30.0 Å². The predicted molar refractivity (Wildman–Crippen MR) is 52.0 cm³/mol. The first kappa shape index (κ1) is 7.92. The lowest BCUT2D eigenvalue weighted by atomic mass is 10.1. The van der Waals surface area contributed by atoms with Crippen LogP contribution in [-0.4, -0.2) is 10.2 Å². The molecular formula is C11H10O2. The normalized spacial score (nSPS) is 10.5. The van der Waals surface area contributed by atoms with Crippen LogP contribution in [0, 0.1) is 6.92 Å². The third-order valence-electron chi connectivity index (χ3n) is 2.18. The van der Waals surface area contributed by atoms with Crippen molar-refractivity contribution < 1.29 is 10.2 Å². The van der Waals surface area contributed by atoms with E-state index in [1.54, 1.807) is 18.2 Å². The van der Waals surface area contributed by atoms with Gasteiger partial charge in [0, 0.05) is 5.39 Å². The lowest BCUT2D eigenvalue weighted by Gasteiger charge is -2.04. The summed E-state index contributed by atoms with van der Waals surface area (Å²) in [7, 11) is 0. The van der Waals surface area contributed by atoms with Crippen LogP contribution < -0.4 is 0 Å². The first-order valence-electron chi connectivity index (χ1n) is 4.10. The van der Waals surface area contributed by atoms with Gasteiger partial charge < -0.3 is 10.2 Å². The van der Waals surface area contributed by atoms with E-state index in [2.05, 4.69) is 0 Å². The van der Waals surface area contributed by atoms with E-state index in [1.807, 2.05) is 19.1 Å². The van der Waals surface area contributed by atoms with Gasteiger partial charge in [-0.1, -0.05) is 18.2 Å². The van der Waals surface area contributed by atoms with E-state index in [0.29, 0.717) is 5.39 Å². The maximum absolute atomic E-state index is 9.67. The Kier molecular flexibility index (Phi) is 1.62. The van der Waals surface area contributed by atoms with Crippen LogP contribution in [0.25, 0.3) is 10.8 Å². The lowest BCUT2D eigenvalue weighted by molar-refractivity contribution is 0.470. The third-order valence-corrected chi connectivity index (χ3v) is 2.18. The molecule has 2 N–H and O–H groups in total. The molecule has 0 aliphatic rings. The number of phenols is 2. The molecule has 66 valence electrons. The Morgan fingerprint density at radius 3 is 2.46 bits per heavy atom. The number of hydrogen-bond acceptors (Lipinski definition) is 2. The summed E-state index contributed by atoms with van der Waals surface area (Å²) in [5.74, 6) is 0.418. The molecule has 0 unspecified atom stereocenters. The molecule has 0 spiro atoms. The number of phenolic OH excluding ortho intramolecular Hbond substituents is 2. The molecule has 0 saturated carbocycles. The molecular weight excluding hydrogens is 164 g/mol. The maximum Gasteiger partial charge on any atom is 0.126 e. The summed E-state index contributed by atoms with van der Waals surface area (Å²) < 4.78 is 0.